The first-order valence-corrected chi connectivity index (χ1v) is 5.34. The van der Waals surface area contributed by atoms with Crippen LogP contribution in [0.4, 0.5) is 0 Å². The smallest absolute Gasteiger partial charge is 0.338 e. The molecule has 0 unspecified atom stereocenters. The van der Waals surface area contributed by atoms with E-state index in [1.54, 1.807) is 0 Å². The van der Waals surface area contributed by atoms with Crippen LogP contribution in [-0.2, 0) is 0 Å². The summed E-state index contributed by atoms with van der Waals surface area (Å²) in [5.41, 5.74) is 1.27. The molecule has 18 heavy (non-hydrogen) atoms. The molecule has 0 aliphatic carbocycles. The number of nitrogens with one attached hydrogen (secondary N) is 2. The van der Waals surface area contributed by atoms with E-state index in [0.29, 0.717) is 5.69 Å². The molecule has 2 heterocycles. The van der Waals surface area contributed by atoms with Crippen molar-refractivity contribution in [1.29, 1.82) is 0 Å². The second kappa shape index (κ2) is 3.69. The van der Waals surface area contributed by atoms with Gasteiger partial charge in [-0.3, -0.25) is 4.79 Å². The summed E-state index contributed by atoms with van der Waals surface area (Å²) < 4.78 is 4.64. The highest BCUT2D eigenvalue weighted by Gasteiger charge is 2.15. The summed E-state index contributed by atoms with van der Waals surface area (Å²) in [6.45, 7) is 1.96. The number of benzene rings is 1. The van der Waals surface area contributed by atoms with Crippen LogP contribution in [0.3, 0.4) is 0 Å². The zero-order valence-corrected chi connectivity index (χ0v) is 9.48. The lowest BCUT2D eigenvalue weighted by atomic mass is 10.1. The molecule has 2 N–H and O–H groups in total. The van der Waals surface area contributed by atoms with E-state index < -0.39 is 11.2 Å². The third kappa shape index (κ3) is 1.46. The molecule has 3 aromatic rings. The minimum Gasteiger partial charge on any atom is -0.338 e. The number of hydrogen-bond acceptors (Lipinski definition) is 4. The van der Waals surface area contributed by atoms with Gasteiger partial charge in [0.2, 0.25) is 0 Å². The molecule has 2 aromatic heterocycles. The van der Waals surface area contributed by atoms with Gasteiger partial charge in [-0.05, 0) is 6.92 Å². The van der Waals surface area contributed by atoms with Gasteiger partial charge in [0.05, 0.1) is 0 Å². The average Bonchev–Trinajstić information content (AvgIpc) is 2.75. The van der Waals surface area contributed by atoms with Crippen LogP contribution < -0.4 is 11.2 Å². The topological polar surface area (TPSA) is 91.8 Å². The number of aromatic nitrogens is 3. The molecular weight excluding hydrogens is 234 g/mol. The van der Waals surface area contributed by atoms with Crippen molar-refractivity contribution in [3.63, 3.8) is 0 Å². The van der Waals surface area contributed by atoms with Gasteiger partial charge in [0.15, 0.2) is 5.52 Å². The molecule has 1 aromatic carbocycles. The van der Waals surface area contributed by atoms with Gasteiger partial charge in [0, 0.05) is 5.56 Å². The molecule has 0 aliphatic rings. The van der Waals surface area contributed by atoms with Crippen LogP contribution in [0.25, 0.3) is 22.2 Å². The Hall–Kier alpha value is -2.63. The van der Waals surface area contributed by atoms with E-state index in [4.69, 9.17) is 0 Å². The van der Waals surface area contributed by atoms with E-state index in [9.17, 15) is 9.59 Å². The van der Waals surface area contributed by atoms with E-state index >= 15 is 0 Å². The molecule has 0 fully saturated rings. The number of hydrogen-bond donors (Lipinski definition) is 2. The first-order chi connectivity index (χ1) is 8.66. The average molecular weight is 243 g/mol. The van der Waals surface area contributed by atoms with Gasteiger partial charge < -0.3 is 4.52 Å². The van der Waals surface area contributed by atoms with Crippen LogP contribution in [0.2, 0.25) is 0 Å². The predicted molar refractivity (Wildman–Crippen MR) is 65.4 cm³/mol. The molecule has 0 spiro atoms. The van der Waals surface area contributed by atoms with Gasteiger partial charge in [-0.25, -0.2) is 15.0 Å². The molecule has 0 saturated heterocycles. The monoisotopic (exact) mass is 243 g/mol. The van der Waals surface area contributed by atoms with Gasteiger partial charge in [0.25, 0.3) is 5.56 Å². The van der Waals surface area contributed by atoms with Gasteiger partial charge in [0.1, 0.15) is 11.1 Å². The molecule has 0 atom stereocenters. The fourth-order valence-corrected chi connectivity index (χ4v) is 1.82. The fraction of sp³-hybridized carbons (Fsp3) is 0.0833. The summed E-state index contributed by atoms with van der Waals surface area (Å²) in [6.07, 6.45) is 0. The van der Waals surface area contributed by atoms with Gasteiger partial charge in [-0.1, -0.05) is 29.8 Å². The normalized spacial score (nSPS) is 10.9. The SMILES string of the molecule is Cc1ccc(-c2n[nH]c(=O)c3[nH]oc(=O)c23)cc1. The van der Waals surface area contributed by atoms with E-state index in [1.165, 1.54) is 0 Å². The molecule has 3 rings (SSSR count). The molecule has 0 bridgehead atoms. The van der Waals surface area contributed by atoms with Crippen molar-refractivity contribution >= 4 is 10.9 Å². The Balaban J connectivity index is 2.39. The molecule has 6 heteroatoms. The summed E-state index contributed by atoms with van der Waals surface area (Å²) in [6, 6.07) is 7.48. The molecule has 0 aliphatic heterocycles. The maximum atomic E-state index is 11.6. The third-order valence-corrected chi connectivity index (χ3v) is 2.76. The van der Waals surface area contributed by atoms with E-state index in [0.717, 1.165) is 11.1 Å². The van der Waals surface area contributed by atoms with Crippen LogP contribution >= 0.6 is 0 Å². The van der Waals surface area contributed by atoms with Crippen molar-refractivity contribution in [2.75, 3.05) is 0 Å². The number of fused-ring (bicyclic) bond motifs is 1. The molecule has 90 valence electrons. The minimum atomic E-state index is -0.598. The number of H-pyrrole nitrogens is 2. The van der Waals surface area contributed by atoms with Crippen molar-refractivity contribution in [2.24, 2.45) is 0 Å². The first-order valence-electron chi connectivity index (χ1n) is 5.34. The highest BCUT2D eigenvalue weighted by atomic mass is 16.5. The van der Waals surface area contributed by atoms with Crippen LogP contribution in [0.5, 0.6) is 0 Å². The Morgan fingerprint density at radius 2 is 1.89 bits per heavy atom. The second-order valence-electron chi connectivity index (χ2n) is 4.01. The molecule has 0 saturated carbocycles. The van der Waals surface area contributed by atoms with E-state index in [1.807, 2.05) is 31.2 Å². The van der Waals surface area contributed by atoms with Crippen molar-refractivity contribution in [1.82, 2.24) is 15.4 Å². The van der Waals surface area contributed by atoms with Gasteiger partial charge in [-0.15, -0.1) is 0 Å². The molecule has 0 radical (unpaired) electrons. The van der Waals surface area contributed by atoms with Crippen LogP contribution in [0.1, 0.15) is 5.56 Å². The van der Waals surface area contributed by atoms with Gasteiger partial charge in [-0.2, -0.15) is 5.10 Å². The Bertz CT molecular complexity index is 824. The quantitative estimate of drug-likeness (QED) is 0.671. The van der Waals surface area contributed by atoms with Crippen LogP contribution in [-0.4, -0.2) is 15.4 Å². The van der Waals surface area contributed by atoms with Crippen molar-refractivity contribution in [3.8, 4) is 11.3 Å². The van der Waals surface area contributed by atoms with E-state index in [-0.39, 0.29) is 10.9 Å². The predicted octanol–water partition coefficient (Wildman–Crippen LogP) is 1.18. The summed E-state index contributed by atoms with van der Waals surface area (Å²) in [5, 5.41) is 8.73. The standard InChI is InChI=1S/C12H9N3O3/c1-6-2-4-7(5-3-6)9-8-10(11(16)14-13-9)15-18-12(8)17/h2-5,15H,1H3,(H,14,16). The number of rotatable bonds is 1. The Morgan fingerprint density at radius 1 is 1.17 bits per heavy atom. The Labute approximate surface area is 100 Å². The molecular formula is C12H9N3O3. The number of nitrogens with zero attached hydrogens (tertiary/aromatic N) is 1. The highest BCUT2D eigenvalue weighted by molar-refractivity contribution is 5.90. The van der Waals surface area contributed by atoms with Crippen molar-refractivity contribution in [2.45, 2.75) is 6.92 Å². The summed E-state index contributed by atoms with van der Waals surface area (Å²) in [4.78, 5) is 23.1. The first kappa shape index (κ1) is 10.5. The van der Waals surface area contributed by atoms with Crippen molar-refractivity contribution in [3.05, 3.63) is 50.6 Å². The third-order valence-electron chi connectivity index (χ3n) is 2.76. The minimum absolute atomic E-state index is 0.102. The van der Waals surface area contributed by atoms with Crippen molar-refractivity contribution < 1.29 is 4.52 Å². The zero-order valence-electron chi connectivity index (χ0n) is 9.48. The Kier molecular flexibility index (Phi) is 2.16. The maximum absolute atomic E-state index is 11.6. The lowest BCUT2D eigenvalue weighted by Crippen LogP contribution is -2.11. The summed E-state index contributed by atoms with van der Waals surface area (Å²) >= 11 is 0. The van der Waals surface area contributed by atoms with Crippen LogP contribution in [0, 0.1) is 6.92 Å². The summed E-state index contributed by atoms with van der Waals surface area (Å²) in [7, 11) is 0. The number of aromatic amines is 2. The van der Waals surface area contributed by atoms with Gasteiger partial charge >= 0.3 is 5.63 Å². The largest absolute Gasteiger partial charge is 0.367 e. The Morgan fingerprint density at radius 3 is 2.61 bits per heavy atom. The molecule has 6 nitrogen and oxygen atoms in total. The fourth-order valence-electron chi connectivity index (χ4n) is 1.82. The molecule has 0 amide bonds. The lowest BCUT2D eigenvalue weighted by molar-refractivity contribution is 0.399. The number of aryl methyl sites for hydroxylation is 1. The summed E-state index contributed by atoms with van der Waals surface area (Å²) in [5.74, 6) is 0. The zero-order chi connectivity index (χ0) is 12.7. The lowest BCUT2D eigenvalue weighted by Gasteiger charge is -2.00. The van der Waals surface area contributed by atoms with Crippen LogP contribution in [0.15, 0.2) is 38.4 Å². The highest BCUT2D eigenvalue weighted by Crippen LogP contribution is 2.21. The maximum Gasteiger partial charge on any atom is 0.367 e. The second-order valence-corrected chi connectivity index (χ2v) is 4.01. The van der Waals surface area contributed by atoms with E-state index in [2.05, 4.69) is 19.9 Å².